The normalized spacial score (nSPS) is 12.7. The predicted molar refractivity (Wildman–Crippen MR) is 284 cm³/mol. The highest BCUT2D eigenvalue weighted by Gasteiger charge is 2.49. The molecular formula is C60H40N2S2Si. The van der Waals surface area contributed by atoms with Crippen LogP contribution in [0.3, 0.4) is 0 Å². The molecule has 0 saturated carbocycles. The summed E-state index contributed by atoms with van der Waals surface area (Å²) < 4.78 is 5.22. The van der Waals surface area contributed by atoms with Gasteiger partial charge in [-0.2, -0.15) is 0 Å². The van der Waals surface area contributed by atoms with E-state index < -0.39 is 8.07 Å². The van der Waals surface area contributed by atoms with Crippen molar-refractivity contribution in [2.24, 2.45) is 0 Å². The number of fused-ring (bicyclic) bond motifs is 9. The third-order valence-corrected chi connectivity index (χ3v) is 20.4. The Morgan fingerprint density at radius 1 is 0.262 bits per heavy atom. The fraction of sp³-hybridized carbons (Fsp3) is 0. The van der Waals surface area contributed by atoms with Crippen LogP contribution in [-0.4, -0.2) is 8.07 Å². The lowest BCUT2D eigenvalue weighted by Gasteiger charge is -2.33. The van der Waals surface area contributed by atoms with Crippen LogP contribution in [0.4, 0.5) is 34.1 Å². The molecule has 306 valence electrons. The highest BCUT2D eigenvalue weighted by atomic mass is 32.1. The van der Waals surface area contributed by atoms with Crippen molar-refractivity contribution in [3.63, 3.8) is 0 Å². The molecule has 1 aliphatic rings. The minimum absolute atomic E-state index is 1.13. The van der Waals surface area contributed by atoms with Crippen molar-refractivity contribution in [2.45, 2.75) is 0 Å². The van der Waals surface area contributed by atoms with Crippen molar-refractivity contribution in [3.8, 4) is 11.1 Å². The van der Waals surface area contributed by atoms with Crippen molar-refractivity contribution in [3.05, 3.63) is 243 Å². The van der Waals surface area contributed by atoms with Gasteiger partial charge in [0.1, 0.15) is 0 Å². The molecule has 0 amide bonds. The van der Waals surface area contributed by atoms with Gasteiger partial charge >= 0.3 is 0 Å². The maximum absolute atomic E-state index is 2.97. The second-order valence-electron chi connectivity index (χ2n) is 16.8. The van der Waals surface area contributed by atoms with Crippen molar-refractivity contribution in [1.29, 1.82) is 0 Å². The van der Waals surface area contributed by atoms with Crippen LogP contribution in [0.2, 0.25) is 0 Å². The summed E-state index contributed by atoms with van der Waals surface area (Å²) in [5, 5.41) is 10.7. The van der Waals surface area contributed by atoms with E-state index in [1.165, 1.54) is 72.2 Å². The van der Waals surface area contributed by atoms with Gasteiger partial charge < -0.3 is 9.80 Å². The number of para-hydroxylation sites is 2. The molecule has 1 aliphatic heterocycles. The molecule has 0 unspecified atom stereocenters. The molecule has 5 heteroatoms. The molecule has 10 aromatic carbocycles. The summed E-state index contributed by atoms with van der Waals surface area (Å²) >= 11 is 3.73. The molecule has 0 saturated heterocycles. The number of hydrogen-bond donors (Lipinski definition) is 0. The van der Waals surface area contributed by atoms with E-state index >= 15 is 0 Å². The van der Waals surface area contributed by atoms with E-state index in [1.54, 1.807) is 0 Å². The Labute approximate surface area is 387 Å². The van der Waals surface area contributed by atoms with Crippen molar-refractivity contribution in [2.75, 3.05) is 9.80 Å². The third kappa shape index (κ3) is 6.04. The van der Waals surface area contributed by atoms with Gasteiger partial charge in [-0.3, -0.25) is 0 Å². The van der Waals surface area contributed by atoms with E-state index in [1.807, 2.05) is 22.7 Å². The summed E-state index contributed by atoms with van der Waals surface area (Å²) in [7, 11) is -2.97. The Hall–Kier alpha value is -7.54. The molecule has 65 heavy (non-hydrogen) atoms. The first-order valence-electron chi connectivity index (χ1n) is 22.2. The van der Waals surface area contributed by atoms with Crippen LogP contribution in [0.1, 0.15) is 0 Å². The molecule has 0 bridgehead atoms. The Balaban J connectivity index is 1.08. The molecule has 0 radical (unpaired) electrons. The van der Waals surface area contributed by atoms with Gasteiger partial charge in [0.2, 0.25) is 0 Å². The van der Waals surface area contributed by atoms with E-state index in [-0.39, 0.29) is 0 Å². The van der Waals surface area contributed by atoms with Gasteiger partial charge in [-0.25, -0.2) is 0 Å². The number of anilines is 6. The van der Waals surface area contributed by atoms with Crippen LogP contribution in [0.25, 0.3) is 51.5 Å². The number of rotatable bonds is 8. The SMILES string of the molecule is c1ccc(N(c2ccccc2)c2ccc3c(c2)[Si](c2ccccc2)(c2ccccc2)c2cc(N(c4ccc5sc6ccccc6c5c4)c4ccc5sc6ccccc6c5c4)ccc2-3)cc1. The van der Waals surface area contributed by atoms with Gasteiger partial charge in [0.15, 0.2) is 8.07 Å². The smallest absolute Gasteiger partial charge is 0.181 e. The van der Waals surface area contributed by atoms with Gasteiger partial charge in [-0.05, 0) is 129 Å². The second-order valence-corrected chi connectivity index (χ2v) is 22.7. The Morgan fingerprint density at radius 3 is 1.05 bits per heavy atom. The van der Waals surface area contributed by atoms with Crippen molar-refractivity contribution < 1.29 is 0 Å². The maximum Gasteiger partial charge on any atom is 0.181 e. The summed E-state index contributed by atoms with van der Waals surface area (Å²) in [4.78, 5) is 4.91. The number of thiophene rings is 2. The lowest BCUT2D eigenvalue weighted by atomic mass is 10.0. The van der Waals surface area contributed by atoms with Crippen LogP contribution < -0.4 is 30.5 Å². The molecule has 2 nitrogen and oxygen atoms in total. The predicted octanol–water partition coefficient (Wildman–Crippen LogP) is 14.7. The first kappa shape index (κ1) is 38.0. The standard InChI is InChI=1S/C60H40N2S2Si/c1-5-17-41(18-6-1)61(42-19-7-2-8-20-42)45-29-33-51-52-34-30-46(40-60(52)65(59(51)39-45,47-21-9-3-10-22-47)48-23-11-4-12-24-48)62(43-31-35-57-53(37-43)49-25-13-15-27-55(49)63-57)44-32-36-58-54(38-44)50-26-14-16-28-56(50)64-58/h1-40H. The van der Waals surface area contributed by atoms with Gasteiger partial charge in [0.25, 0.3) is 0 Å². The number of hydrogen-bond acceptors (Lipinski definition) is 4. The average molecular weight is 881 g/mol. The molecule has 0 atom stereocenters. The van der Waals surface area contributed by atoms with Gasteiger partial charge in [-0.15, -0.1) is 22.7 Å². The zero-order valence-corrected chi connectivity index (χ0v) is 37.9. The fourth-order valence-electron chi connectivity index (χ4n) is 10.5. The van der Waals surface area contributed by atoms with E-state index in [0.717, 1.165) is 34.1 Å². The summed E-state index contributed by atoms with van der Waals surface area (Å²) in [6, 6.07) is 90.6. The van der Waals surface area contributed by atoms with Crippen LogP contribution in [0, 0.1) is 0 Å². The lowest BCUT2D eigenvalue weighted by molar-refractivity contribution is 1.29. The molecule has 0 spiro atoms. The van der Waals surface area contributed by atoms with E-state index in [2.05, 4.69) is 252 Å². The van der Waals surface area contributed by atoms with Crippen LogP contribution in [0.5, 0.6) is 0 Å². The van der Waals surface area contributed by atoms with Crippen molar-refractivity contribution in [1.82, 2.24) is 0 Å². The van der Waals surface area contributed by atoms with Crippen LogP contribution >= 0.6 is 22.7 Å². The summed E-state index contributed by atoms with van der Waals surface area (Å²) in [5.74, 6) is 0. The van der Waals surface area contributed by atoms with E-state index in [0.29, 0.717) is 0 Å². The van der Waals surface area contributed by atoms with Gasteiger partial charge in [-0.1, -0.05) is 146 Å². The quantitative estimate of drug-likeness (QED) is 0.140. The summed E-state index contributed by atoms with van der Waals surface area (Å²) in [6.07, 6.45) is 0. The van der Waals surface area contributed by atoms with Crippen molar-refractivity contribution >= 4 is 126 Å². The first-order valence-corrected chi connectivity index (χ1v) is 25.8. The Kier molecular flexibility index (Phi) is 8.95. The molecule has 2 aromatic heterocycles. The molecule has 13 rings (SSSR count). The molecule has 12 aromatic rings. The topological polar surface area (TPSA) is 6.48 Å². The Morgan fingerprint density at radius 2 is 0.600 bits per heavy atom. The molecule has 0 fully saturated rings. The van der Waals surface area contributed by atoms with Gasteiger partial charge in [0, 0.05) is 74.5 Å². The monoisotopic (exact) mass is 880 g/mol. The third-order valence-electron chi connectivity index (χ3n) is 13.3. The number of benzene rings is 10. The largest absolute Gasteiger partial charge is 0.311 e. The highest BCUT2D eigenvalue weighted by molar-refractivity contribution is 7.26. The molecule has 0 N–H and O–H groups in total. The molecular weight excluding hydrogens is 841 g/mol. The van der Waals surface area contributed by atoms with Gasteiger partial charge in [0.05, 0.1) is 0 Å². The number of nitrogens with zero attached hydrogens (tertiary/aromatic N) is 2. The minimum Gasteiger partial charge on any atom is -0.311 e. The second kappa shape index (κ2) is 15.3. The summed E-state index contributed by atoms with van der Waals surface area (Å²) in [6.45, 7) is 0. The molecule has 0 aliphatic carbocycles. The minimum atomic E-state index is -2.97. The summed E-state index contributed by atoms with van der Waals surface area (Å²) in [5.41, 5.74) is 9.45. The first-order chi connectivity index (χ1) is 32.2. The lowest BCUT2D eigenvalue weighted by Crippen LogP contribution is -2.72. The van der Waals surface area contributed by atoms with E-state index in [4.69, 9.17) is 0 Å². The zero-order chi connectivity index (χ0) is 42.9. The fourth-order valence-corrected chi connectivity index (χ4v) is 17.9. The van der Waals surface area contributed by atoms with E-state index in [9.17, 15) is 0 Å². The van der Waals surface area contributed by atoms with Crippen LogP contribution in [0.15, 0.2) is 243 Å². The maximum atomic E-state index is 2.55. The van der Waals surface area contributed by atoms with Crippen LogP contribution in [-0.2, 0) is 0 Å². The Bertz CT molecular complexity index is 3540. The highest BCUT2D eigenvalue weighted by Crippen LogP contribution is 2.45. The zero-order valence-electron chi connectivity index (χ0n) is 35.3. The average Bonchev–Trinajstić information content (AvgIpc) is 4.03. The molecule has 3 heterocycles.